The highest BCUT2D eigenvalue weighted by atomic mass is 19.4. The van der Waals surface area contributed by atoms with Gasteiger partial charge in [-0.25, -0.2) is 4.79 Å². The van der Waals surface area contributed by atoms with Gasteiger partial charge in [-0.1, -0.05) is 42.5 Å². The number of carbonyl (C=O) groups is 2. The van der Waals surface area contributed by atoms with Gasteiger partial charge in [0.25, 0.3) is 0 Å². The lowest BCUT2D eigenvalue weighted by atomic mass is 10.1. The SMILES string of the molecule is COC(=O)[C@H](CO)N(Cc1ccc(-c2ccccn2)cc1)C(=O)/C=C/c1ccc(C(F)(F)F)cc1. The largest absolute Gasteiger partial charge is 0.467 e. The van der Waals surface area contributed by atoms with Crippen LogP contribution in [0, 0.1) is 0 Å². The van der Waals surface area contributed by atoms with Crippen LogP contribution in [0.4, 0.5) is 13.2 Å². The van der Waals surface area contributed by atoms with Crippen LogP contribution in [0.15, 0.2) is 79.0 Å². The Morgan fingerprint density at radius 3 is 2.29 bits per heavy atom. The van der Waals surface area contributed by atoms with E-state index in [-0.39, 0.29) is 6.54 Å². The molecular weight excluding hydrogens is 461 g/mol. The maximum absolute atomic E-state index is 13.0. The maximum atomic E-state index is 13.0. The zero-order valence-corrected chi connectivity index (χ0v) is 18.8. The Kier molecular flexibility index (Phi) is 8.38. The Labute approximate surface area is 200 Å². The van der Waals surface area contributed by atoms with Crippen molar-refractivity contribution < 1.29 is 32.6 Å². The molecule has 0 saturated carbocycles. The van der Waals surface area contributed by atoms with Crippen molar-refractivity contribution >= 4 is 18.0 Å². The Bertz CT molecular complexity index is 1160. The van der Waals surface area contributed by atoms with Crippen LogP contribution in [-0.2, 0) is 27.0 Å². The van der Waals surface area contributed by atoms with Gasteiger partial charge in [-0.15, -0.1) is 0 Å². The molecule has 0 bridgehead atoms. The third-order valence-corrected chi connectivity index (χ3v) is 5.23. The number of benzene rings is 2. The molecule has 1 N–H and O–H groups in total. The van der Waals surface area contributed by atoms with E-state index in [1.807, 2.05) is 24.3 Å². The normalized spacial score (nSPS) is 12.4. The van der Waals surface area contributed by atoms with Crippen molar-refractivity contribution in [3.8, 4) is 11.3 Å². The lowest BCUT2D eigenvalue weighted by molar-refractivity contribution is -0.153. The van der Waals surface area contributed by atoms with Crippen LogP contribution in [0.3, 0.4) is 0 Å². The monoisotopic (exact) mass is 484 g/mol. The summed E-state index contributed by atoms with van der Waals surface area (Å²) in [6, 6.07) is 15.7. The van der Waals surface area contributed by atoms with E-state index in [2.05, 4.69) is 4.98 Å². The summed E-state index contributed by atoms with van der Waals surface area (Å²) in [5.74, 6) is -1.42. The Morgan fingerprint density at radius 2 is 1.74 bits per heavy atom. The summed E-state index contributed by atoms with van der Waals surface area (Å²) < 4.78 is 43.0. The van der Waals surface area contributed by atoms with Crippen LogP contribution in [0.25, 0.3) is 17.3 Å². The molecule has 0 aliphatic carbocycles. The summed E-state index contributed by atoms with van der Waals surface area (Å²) in [5.41, 5.74) is 1.88. The first-order valence-corrected chi connectivity index (χ1v) is 10.6. The number of aliphatic hydroxyl groups is 1. The number of aromatic nitrogens is 1. The molecule has 0 aliphatic heterocycles. The van der Waals surface area contributed by atoms with E-state index in [9.17, 15) is 27.9 Å². The highest BCUT2D eigenvalue weighted by molar-refractivity contribution is 5.94. The molecule has 6 nitrogen and oxygen atoms in total. The van der Waals surface area contributed by atoms with Gasteiger partial charge in [0.15, 0.2) is 6.04 Å². The van der Waals surface area contributed by atoms with E-state index in [1.54, 1.807) is 24.4 Å². The van der Waals surface area contributed by atoms with Crippen molar-refractivity contribution in [1.82, 2.24) is 9.88 Å². The molecular formula is C26H23F3N2O4. The number of methoxy groups -OCH3 is 1. The smallest absolute Gasteiger partial charge is 0.416 e. The number of aliphatic hydroxyl groups excluding tert-OH is 1. The molecule has 0 spiro atoms. The zero-order valence-electron chi connectivity index (χ0n) is 18.8. The van der Waals surface area contributed by atoms with Crippen molar-refractivity contribution in [2.45, 2.75) is 18.8 Å². The standard InChI is InChI=1S/C26H23F3N2O4/c1-35-25(34)23(17-32)31(16-19-5-10-20(11-6-19)22-4-2-3-15-30-22)24(33)14-9-18-7-12-21(13-8-18)26(27,28)29/h2-15,23,32H,16-17H2,1H3/b14-9+/t23-/m0/s1. The van der Waals surface area contributed by atoms with Crippen molar-refractivity contribution in [3.05, 3.63) is 95.7 Å². The third-order valence-electron chi connectivity index (χ3n) is 5.23. The number of esters is 1. The summed E-state index contributed by atoms with van der Waals surface area (Å²) in [7, 11) is 1.15. The zero-order chi connectivity index (χ0) is 25.4. The first-order chi connectivity index (χ1) is 16.7. The second kappa shape index (κ2) is 11.4. The molecule has 1 atom stereocenters. The molecule has 0 saturated heterocycles. The Balaban J connectivity index is 1.82. The second-order valence-corrected chi connectivity index (χ2v) is 7.55. The van der Waals surface area contributed by atoms with Crippen LogP contribution in [0.1, 0.15) is 16.7 Å². The molecule has 1 aromatic heterocycles. The number of amides is 1. The van der Waals surface area contributed by atoms with E-state index in [0.717, 1.165) is 41.5 Å². The third kappa shape index (κ3) is 6.77. The van der Waals surface area contributed by atoms with Crippen LogP contribution in [-0.4, -0.2) is 46.6 Å². The van der Waals surface area contributed by atoms with Crippen LogP contribution < -0.4 is 0 Å². The van der Waals surface area contributed by atoms with E-state index >= 15 is 0 Å². The number of hydrogen-bond acceptors (Lipinski definition) is 5. The first kappa shape index (κ1) is 25.6. The number of rotatable bonds is 8. The number of alkyl halides is 3. The molecule has 0 unspecified atom stereocenters. The van der Waals surface area contributed by atoms with Gasteiger partial charge in [0, 0.05) is 24.4 Å². The van der Waals surface area contributed by atoms with Gasteiger partial charge in [-0.3, -0.25) is 9.78 Å². The van der Waals surface area contributed by atoms with Gasteiger partial charge in [-0.2, -0.15) is 13.2 Å². The molecule has 9 heteroatoms. The van der Waals surface area contributed by atoms with Gasteiger partial charge < -0.3 is 14.7 Å². The molecule has 182 valence electrons. The molecule has 0 radical (unpaired) electrons. The fourth-order valence-corrected chi connectivity index (χ4v) is 3.34. The van der Waals surface area contributed by atoms with Gasteiger partial charge in [0.1, 0.15) is 0 Å². The Morgan fingerprint density at radius 1 is 1.06 bits per heavy atom. The number of pyridine rings is 1. The fraction of sp³-hybridized carbons (Fsp3) is 0.192. The van der Waals surface area contributed by atoms with Crippen molar-refractivity contribution in [2.24, 2.45) is 0 Å². The quantitative estimate of drug-likeness (QED) is 0.380. The average Bonchev–Trinajstić information content (AvgIpc) is 2.87. The van der Waals surface area contributed by atoms with E-state index in [0.29, 0.717) is 11.1 Å². The maximum Gasteiger partial charge on any atom is 0.416 e. The minimum atomic E-state index is -4.46. The summed E-state index contributed by atoms with van der Waals surface area (Å²) in [5, 5.41) is 9.78. The van der Waals surface area contributed by atoms with Crippen LogP contribution in [0.2, 0.25) is 0 Å². The number of nitrogens with zero attached hydrogens (tertiary/aromatic N) is 2. The van der Waals surface area contributed by atoms with Gasteiger partial charge in [-0.05, 0) is 41.5 Å². The topological polar surface area (TPSA) is 79.7 Å². The minimum absolute atomic E-state index is 0.0149. The van der Waals surface area contributed by atoms with Gasteiger partial charge in [0.2, 0.25) is 5.91 Å². The molecule has 0 fully saturated rings. The lowest BCUT2D eigenvalue weighted by Crippen LogP contribution is -2.46. The van der Waals surface area contributed by atoms with Gasteiger partial charge >= 0.3 is 12.1 Å². The number of halogens is 3. The molecule has 2 aromatic carbocycles. The predicted molar refractivity (Wildman–Crippen MR) is 124 cm³/mol. The molecule has 3 aromatic rings. The van der Waals surface area contributed by atoms with Crippen LogP contribution >= 0.6 is 0 Å². The molecule has 0 aliphatic rings. The first-order valence-electron chi connectivity index (χ1n) is 10.6. The van der Waals surface area contributed by atoms with E-state index in [4.69, 9.17) is 4.74 Å². The molecule has 35 heavy (non-hydrogen) atoms. The van der Waals surface area contributed by atoms with Crippen molar-refractivity contribution in [1.29, 1.82) is 0 Å². The summed E-state index contributed by atoms with van der Waals surface area (Å²) >= 11 is 0. The fourth-order valence-electron chi connectivity index (χ4n) is 3.34. The van der Waals surface area contributed by atoms with Gasteiger partial charge in [0.05, 0.1) is 25.0 Å². The second-order valence-electron chi connectivity index (χ2n) is 7.55. The summed E-state index contributed by atoms with van der Waals surface area (Å²) in [4.78, 5) is 30.6. The number of hydrogen-bond donors (Lipinski definition) is 1. The van der Waals surface area contributed by atoms with E-state index < -0.39 is 36.3 Å². The molecule has 3 rings (SSSR count). The predicted octanol–water partition coefficient (Wildman–Crippen LogP) is 4.34. The lowest BCUT2D eigenvalue weighted by Gasteiger charge is -2.28. The van der Waals surface area contributed by atoms with Crippen molar-refractivity contribution in [2.75, 3.05) is 13.7 Å². The highest BCUT2D eigenvalue weighted by Crippen LogP contribution is 2.29. The highest BCUT2D eigenvalue weighted by Gasteiger charge is 2.30. The molecule has 1 heterocycles. The van der Waals surface area contributed by atoms with Crippen molar-refractivity contribution in [3.63, 3.8) is 0 Å². The molecule has 1 amide bonds. The minimum Gasteiger partial charge on any atom is -0.467 e. The van der Waals surface area contributed by atoms with E-state index in [1.165, 1.54) is 18.2 Å². The average molecular weight is 484 g/mol. The van der Waals surface area contributed by atoms with Crippen LogP contribution in [0.5, 0.6) is 0 Å². The Hall–Kier alpha value is -3.98. The summed E-state index contributed by atoms with van der Waals surface area (Å²) in [6.45, 7) is -0.683. The number of carbonyl (C=O) groups excluding carboxylic acids is 2. The number of ether oxygens (including phenoxy) is 1. The summed E-state index contributed by atoms with van der Waals surface area (Å²) in [6.07, 6.45) is -0.313.